The maximum Gasteiger partial charge on any atom is 0.241 e. The Morgan fingerprint density at radius 3 is 2.35 bits per heavy atom. The van der Waals surface area contributed by atoms with Gasteiger partial charge in [-0.2, -0.15) is 0 Å². The molecule has 20 heavy (non-hydrogen) atoms. The Kier molecular flexibility index (Phi) is 4.96. The summed E-state index contributed by atoms with van der Waals surface area (Å²) in [7, 11) is -0.500. The van der Waals surface area contributed by atoms with E-state index in [-0.39, 0.29) is 17.3 Å². The molecule has 8 heteroatoms. The molecule has 4 N–H and O–H groups in total. The number of carbonyl (C=O) groups is 1. The van der Waals surface area contributed by atoms with Crippen molar-refractivity contribution >= 4 is 27.3 Å². The molecule has 0 unspecified atom stereocenters. The van der Waals surface area contributed by atoms with Crippen LogP contribution >= 0.6 is 0 Å². The molecule has 0 heterocycles. The number of hydrogen-bond donors (Lipinski definition) is 2. The molecule has 0 aliphatic carbocycles. The summed E-state index contributed by atoms with van der Waals surface area (Å²) in [5, 5.41) is 5.10. The summed E-state index contributed by atoms with van der Waals surface area (Å²) >= 11 is 0. The highest BCUT2D eigenvalue weighted by Crippen LogP contribution is 2.26. The number of benzene rings is 1. The highest BCUT2D eigenvalue weighted by atomic mass is 32.2. The first kappa shape index (κ1) is 16.3. The van der Waals surface area contributed by atoms with E-state index < -0.39 is 10.0 Å². The van der Waals surface area contributed by atoms with E-state index in [0.29, 0.717) is 17.9 Å². The Morgan fingerprint density at radius 1 is 1.30 bits per heavy atom. The maximum absolute atomic E-state index is 11.8. The van der Waals surface area contributed by atoms with Gasteiger partial charge < -0.3 is 15.5 Å². The second-order valence-corrected chi connectivity index (χ2v) is 6.13. The fourth-order valence-corrected chi connectivity index (χ4v) is 2.18. The Morgan fingerprint density at radius 2 is 1.90 bits per heavy atom. The van der Waals surface area contributed by atoms with Crippen LogP contribution in [0.25, 0.3) is 0 Å². The van der Waals surface area contributed by atoms with Crippen molar-refractivity contribution in [1.82, 2.24) is 4.90 Å². The number of nitrogens with zero attached hydrogens (tertiary/aromatic N) is 2. The van der Waals surface area contributed by atoms with Gasteiger partial charge in [-0.15, -0.1) is 0 Å². The van der Waals surface area contributed by atoms with Gasteiger partial charge in [-0.3, -0.25) is 4.79 Å². The zero-order valence-electron chi connectivity index (χ0n) is 11.8. The molecule has 1 aromatic rings. The van der Waals surface area contributed by atoms with Crippen molar-refractivity contribution in [2.45, 2.75) is 11.8 Å². The van der Waals surface area contributed by atoms with Gasteiger partial charge in [0.15, 0.2) is 0 Å². The molecule has 0 bridgehead atoms. The minimum absolute atomic E-state index is 0.0301. The lowest BCUT2D eigenvalue weighted by molar-refractivity contribution is -0.127. The quantitative estimate of drug-likeness (QED) is 0.734. The number of hydrogen-bond acceptors (Lipinski definition) is 5. The SMILES string of the molecule is CCN(CC(=O)N(C)C)c1cc(S(N)(=O)=O)ccc1N. The Hall–Kier alpha value is -1.80. The first-order valence-corrected chi connectivity index (χ1v) is 7.59. The molecule has 0 radical (unpaired) electrons. The number of carbonyl (C=O) groups excluding carboxylic acids is 1. The van der Waals surface area contributed by atoms with Crippen molar-refractivity contribution < 1.29 is 13.2 Å². The van der Waals surface area contributed by atoms with Crippen LogP contribution in [0.2, 0.25) is 0 Å². The van der Waals surface area contributed by atoms with E-state index in [1.54, 1.807) is 19.0 Å². The van der Waals surface area contributed by atoms with Crippen LogP contribution in [-0.4, -0.2) is 46.4 Å². The minimum Gasteiger partial charge on any atom is -0.397 e. The summed E-state index contributed by atoms with van der Waals surface area (Å²) in [5.74, 6) is -0.104. The van der Waals surface area contributed by atoms with Crippen molar-refractivity contribution in [3.8, 4) is 0 Å². The van der Waals surface area contributed by atoms with E-state index in [9.17, 15) is 13.2 Å². The van der Waals surface area contributed by atoms with Crippen LogP contribution in [-0.2, 0) is 14.8 Å². The van der Waals surface area contributed by atoms with E-state index in [2.05, 4.69) is 0 Å². The van der Waals surface area contributed by atoms with Crippen molar-refractivity contribution in [1.29, 1.82) is 0 Å². The zero-order chi connectivity index (χ0) is 15.5. The highest BCUT2D eigenvalue weighted by Gasteiger charge is 2.17. The lowest BCUT2D eigenvalue weighted by Gasteiger charge is -2.25. The van der Waals surface area contributed by atoms with Crippen LogP contribution in [0.5, 0.6) is 0 Å². The summed E-state index contributed by atoms with van der Waals surface area (Å²) < 4.78 is 22.8. The summed E-state index contributed by atoms with van der Waals surface area (Å²) in [6.45, 7) is 2.48. The molecule has 0 aliphatic heterocycles. The van der Waals surface area contributed by atoms with Crippen LogP contribution in [0, 0.1) is 0 Å². The van der Waals surface area contributed by atoms with Crippen LogP contribution in [0.1, 0.15) is 6.92 Å². The van der Waals surface area contributed by atoms with Crippen LogP contribution < -0.4 is 15.8 Å². The molecular formula is C12H20N4O3S. The second-order valence-electron chi connectivity index (χ2n) is 4.57. The molecule has 0 saturated carbocycles. The summed E-state index contributed by atoms with van der Waals surface area (Å²) in [5.41, 5.74) is 6.73. The number of amides is 1. The molecule has 1 aromatic carbocycles. The summed E-state index contributed by atoms with van der Waals surface area (Å²) in [6.07, 6.45) is 0. The van der Waals surface area contributed by atoms with Gasteiger partial charge in [0.05, 0.1) is 22.8 Å². The second kappa shape index (κ2) is 6.10. The van der Waals surface area contributed by atoms with E-state index in [1.165, 1.54) is 23.1 Å². The molecule has 7 nitrogen and oxygen atoms in total. The third-order valence-electron chi connectivity index (χ3n) is 2.88. The van der Waals surface area contributed by atoms with Gasteiger partial charge in [0.1, 0.15) is 0 Å². The van der Waals surface area contributed by atoms with E-state index in [4.69, 9.17) is 10.9 Å². The monoisotopic (exact) mass is 300 g/mol. The van der Waals surface area contributed by atoms with E-state index >= 15 is 0 Å². The van der Waals surface area contributed by atoms with Gasteiger partial charge in [-0.05, 0) is 25.1 Å². The molecular weight excluding hydrogens is 280 g/mol. The number of nitrogens with two attached hydrogens (primary N) is 2. The molecule has 0 saturated heterocycles. The van der Waals surface area contributed by atoms with Crippen LogP contribution in [0.15, 0.2) is 23.1 Å². The first-order valence-electron chi connectivity index (χ1n) is 6.04. The topological polar surface area (TPSA) is 110 Å². The van der Waals surface area contributed by atoms with E-state index in [1.807, 2.05) is 6.92 Å². The lowest BCUT2D eigenvalue weighted by Crippen LogP contribution is -2.37. The van der Waals surface area contributed by atoms with Gasteiger partial charge in [0.2, 0.25) is 15.9 Å². The fraction of sp³-hybridized carbons (Fsp3) is 0.417. The molecule has 0 fully saturated rings. The first-order chi connectivity index (χ1) is 9.16. The molecule has 0 spiro atoms. The molecule has 0 aliphatic rings. The van der Waals surface area contributed by atoms with Crippen molar-refractivity contribution in [3.05, 3.63) is 18.2 Å². The average Bonchev–Trinajstić information content (AvgIpc) is 2.35. The number of sulfonamides is 1. The number of anilines is 2. The lowest BCUT2D eigenvalue weighted by atomic mass is 10.2. The molecule has 0 aromatic heterocycles. The van der Waals surface area contributed by atoms with Gasteiger partial charge in [0, 0.05) is 20.6 Å². The maximum atomic E-state index is 11.8. The minimum atomic E-state index is -3.81. The van der Waals surface area contributed by atoms with Crippen molar-refractivity contribution in [2.75, 3.05) is 37.8 Å². The van der Waals surface area contributed by atoms with Crippen LogP contribution in [0.4, 0.5) is 11.4 Å². The zero-order valence-corrected chi connectivity index (χ0v) is 12.6. The van der Waals surface area contributed by atoms with Gasteiger partial charge in [0.25, 0.3) is 0 Å². The Balaban J connectivity index is 3.18. The number of nitrogen functional groups attached to an aromatic ring is 1. The van der Waals surface area contributed by atoms with Gasteiger partial charge in [-0.1, -0.05) is 0 Å². The van der Waals surface area contributed by atoms with Gasteiger partial charge in [-0.25, -0.2) is 13.6 Å². The number of likely N-dealkylation sites (N-methyl/N-ethyl adjacent to an activating group) is 2. The fourth-order valence-electron chi connectivity index (χ4n) is 1.65. The predicted octanol–water partition coefficient (Wildman–Crippen LogP) is -0.169. The molecule has 112 valence electrons. The molecule has 1 amide bonds. The normalized spacial score (nSPS) is 11.2. The van der Waals surface area contributed by atoms with Crippen molar-refractivity contribution in [3.63, 3.8) is 0 Å². The average molecular weight is 300 g/mol. The van der Waals surface area contributed by atoms with Crippen LogP contribution in [0.3, 0.4) is 0 Å². The van der Waals surface area contributed by atoms with E-state index in [0.717, 1.165) is 0 Å². The Bertz CT molecular complexity index is 599. The predicted molar refractivity (Wildman–Crippen MR) is 78.8 cm³/mol. The van der Waals surface area contributed by atoms with Crippen molar-refractivity contribution in [2.24, 2.45) is 5.14 Å². The molecule has 1 rings (SSSR count). The number of rotatable bonds is 5. The third-order valence-corrected chi connectivity index (χ3v) is 3.79. The third kappa shape index (κ3) is 3.84. The van der Waals surface area contributed by atoms with Gasteiger partial charge >= 0.3 is 0 Å². The smallest absolute Gasteiger partial charge is 0.241 e. The number of primary sulfonamides is 1. The largest absolute Gasteiger partial charge is 0.397 e. The summed E-state index contributed by atoms with van der Waals surface area (Å²) in [6, 6.07) is 4.20. The Labute approximate surface area is 119 Å². The molecule has 0 atom stereocenters. The summed E-state index contributed by atoms with van der Waals surface area (Å²) in [4.78, 5) is 14.9. The standard InChI is InChI=1S/C12H20N4O3S/c1-4-16(8-12(17)15(2)3)11-7-9(20(14,18)19)5-6-10(11)13/h5-7H,4,8,13H2,1-3H3,(H2,14,18,19). The highest BCUT2D eigenvalue weighted by molar-refractivity contribution is 7.89.